The van der Waals surface area contributed by atoms with Gasteiger partial charge >= 0.3 is 0 Å². The maximum absolute atomic E-state index is 12.1. The van der Waals surface area contributed by atoms with E-state index in [1.54, 1.807) is 35.3 Å². The highest BCUT2D eigenvalue weighted by atomic mass is 32.1. The molecule has 0 bridgehead atoms. The molecule has 0 saturated carbocycles. The van der Waals surface area contributed by atoms with Crippen LogP contribution in [0.25, 0.3) is 10.2 Å². The van der Waals surface area contributed by atoms with Gasteiger partial charge in [0.2, 0.25) is 0 Å². The fourth-order valence-electron chi connectivity index (χ4n) is 1.91. The zero-order valence-corrected chi connectivity index (χ0v) is 11.4. The summed E-state index contributed by atoms with van der Waals surface area (Å²) in [5.74, 6) is -0.166. The number of anilines is 1. The van der Waals surface area contributed by atoms with Gasteiger partial charge in [0.25, 0.3) is 5.91 Å². The van der Waals surface area contributed by atoms with Gasteiger partial charge in [-0.15, -0.1) is 11.3 Å². The average molecular weight is 272 g/mol. The van der Waals surface area contributed by atoms with Gasteiger partial charge in [-0.2, -0.15) is 5.10 Å². The van der Waals surface area contributed by atoms with E-state index < -0.39 is 0 Å². The Morgan fingerprint density at radius 2 is 2.21 bits per heavy atom. The number of rotatable bonds is 2. The largest absolute Gasteiger partial charge is 0.321 e. The van der Waals surface area contributed by atoms with Crippen molar-refractivity contribution >= 4 is 33.1 Å². The molecule has 0 atom stereocenters. The maximum Gasteiger partial charge on any atom is 0.273 e. The highest BCUT2D eigenvalue weighted by Gasteiger charge is 2.10. The zero-order valence-electron chi connectivity index (χ0n) is 10.5. The summed E-state index contributed by atoms with van der Waals surface area (Å²) in [7, 11) is 1.74. The van der Waals surface area contributed by atoms with E-state index in [1.807, 2.05) is 25.1 Å². The van der Waals surface area contributed by atoms with Crippen molar-refractivity contribution in [2.45, 2.75) is 6.92 Å². The quantitative estimate of drug-likeness (QED) is 0.780. The molecular weight excluding hydrogens is 260 g/mol. The predicted molar refractivity (Wildman–Crippen MR) is 75.5 cm³/mol. The van der Waals surface area contributed by atoms with Crippen molar-refractivity contribution in [2.75, 3.05) is 5.32 Å². The Hall–Kier alpha value is -2.21. The van der Waals surface area contributed by atoms with E-state index in [0.29, 0.717) is 5.69 Å². The molecule has 19 heavy (non-hydrogen) atoms. The van der Waals surface area contributed by atoms with Crippen molar-refractivity contribution < 1.29 is 4.79 Å². The number of aryl methyl sites for hydroxylation is 2. The van der Waals surface area contributed by atoms with Crippen LogP contribution in [0.15, 0.2) is 30.5 Å². The van der Waals surface area contributed by atoms with Crippen LogP contribution in [-0.2, 0) is 7.05 Å². The van der Waals surface area contributed by atoms with E-state index >= 15 is 0 Å². The third kappa shape index (κ3) is 2.22. The van der Waals surface area contributed by atoms with Gasteiger partial charge < -0.3 is 5.32 Å². The molecule has 0 aliphatic carbocycles. The second kappa shape index (κ2) is 4.47. The molecule has 1 amide bonds. The normalized spacial score (nSPS) is 10.8. The van der Waals surface area contributed by atoms with Crippen LogP contribution in [0.2, 0.25) is 0 Å². The number of nitrogens with one attached hydrogen (secondary N) is 1. The topological polar surface area (TPSA) is 59.8 Å². The lowest BCUT2D eigenvalue weighted by atomic mass is 10.3. The Labute approximate surface area is 113 Å². The number of hydrogen-bond donors (Lipinski definition) is 1. The van der Waals surface area contributed by atoms with Gasteiger partial charge in [-0.1, -0.05) is 0 Å². The Morgan fingerprint density at radius 3 is 2.95 bits per heavy atom. The first kappa shape index (κ1) is 11.9. The minimum Gasteiger partial charge on any atom is -0.321 e. The van der Waals surface area contributed by atoms with Crippen molar-refractivity contribution in [3.63, 3.8) is 0 Å². The number of fused-ring (bicyclic) bond motifs is 1. The van der Waals surface area contributed by atoms with Gasteiger partial charge in [0.1, 0.15) is 5.69 Å². The molecular formula is C13H12N4OS. The van der Waals surface area contributed by atoms with Gasteiger partial charge in [-0.3, -0.25) is 9.48 Å². The number of carbonyl (C=O) groups excluding carboxylic acids is 1. The van der Waals surface area contributed by atoms with Crippen LogP contribution < -0.4 is 5.32 Å². The summed E-state index contributed by atoms with van der Waals surface area (Å²) in [6, 6.07) is 7.40. The summed E-state index contributed by atoms with van der Waals surface area (Å²) in [6.45, 7) is 1.97. The average Bonchev–Trinajstić information content (AvgIpc) is 2.93. The molecule has 5 nitrogen and oxygen atoms in total. The highest BCUT2D eigenvalue weighted by molar-refractivity contribution is 7.18. The summed E-state index contributed by atoms with van der Waals surface area (Å²) >= 11 is 1.61. The van der Waals surface area contributed by atoms with Crippen LogP contribution >= 0.6 is 11.3 Å². The standard InChI is InChI=1S/C13H12N4OS/c1-8-15-10-4-3-9(7-12(10)19-8)16-13(18)11-5-6-14-17(11)2/h3-7H,1-2H3,(H,16,18). The molecule has 0 saturated heterocycles. The lowest BCUT2D eigenvalue weighted by Crippen LogP contribution is -2.15. The fourth-order valence-corrected chi connectivity index (χ4v) is 2.78. The van der Waals surface area contributed by atoms with Gasteiger partial charge in [0, 0.05) is 18.9 Å². The fraction of sp³-hybridized carbons (Fsp3) is 0.154. The Morgan fingerprint density at radius 1 is 1.37 bits per heavy atom. The number of hydrogen-bond acceptors (Lipinski definition) is 4. The first-order valence-electron chi connectivity index (χ1n) is 5.80. The third-order valence-electron chi connectivity index (χ3n) is 2.81. The van der Waals surface area contributed by atoms with Crippen molar-refractivity contribution in [3.8, 4) is 0 Å². The zero-order chi connectivity index (χ0) is 13.4. The first-order chi connectivity index (χ1) is 9.13. The van der Waals surface area contributed by atoms with E-state index in [1.165, 1.54) is 0 Å². The molecule has 1 aromatic carbocycles. The van der Waals surface area contributed by atoms with Gasteiger partial charge in [-0.25, -0.2) is 4.98 Å². The molecule has 0 spiro atoms. The molecule has 0 fully saturated rings. The molecule has 2 heterocycles. The van der Waals surface area contributed by atoms with E-state index in [0.717, 1.165) is 20.9 Å². The minimum atomic E-state index is -0.166. The number of benzene rings is 1. The van der Waals surface area contributed by atoms with E-state index in [-0.39, 0.29) is 5.91 Å². The van der Waals surface area contributed by atoms with Gasteiger partial charge in [0.15, 0.2) is 0 Å². The highest BCUT2D eigenvalue weighted by Crippen LogP contribution is 2.24. The SMILES string of the molecule is Cc1nc2ccc(NC(=O)c3ccnn3C)cc2s1. The first-order valence-corrected chi connectivity index (χ1v) is 6.62. The molecule has 2 aromatic heterocycles. The minimum absolute atomic E-state index is 0.166. The molecule has 0 aliphatic rings. The molecule has 96 valence electrons. The molecule has 6 heteroatoms. The predicted octanol–water partition coefficient (Wildman–Crippen LogP) is 2.59. The van der Waals surface area contributed by atoms with E-state index in [4.69, 9.17) is 0 Å². The lowest BCUT2D eigenvalue weighted by Gasteiger charge is -2.05. The van der Waals surface area contributed by atoms with E-state index in [2.05, 4.69) is 15.4 Å². The van der Waals surface area contributed by atoms with Crippen LogP contribution in [-0.4, -0.2) is 20.7 Å². The van der Waals surface area contributed by atoms with Crippen LogP contribution in [0.3, 0.4) is 0 Å². The summed E-state index contributed by atoms with van der Waals surface area (Å²) < 4.78 is 2.62. The smallest absolute Gasteiger partial charge is 0.273 e. The van der Waals surface area contributed by atoms with E-state index in [9.17, 15) is 4.79 Å². The summed E-state index contributed by atoms with van der Waals surface area (Å²) in [5.41, 5.74) is 2.25. The van der Waals surface area contributed by atoms with Crippen LogP contribution in [0.5, 0.6) is 0 Å². The maximum atomic E-state index is 12.1. The monoisotopic (exact) mass is 272 g/mol. The molecule has 0 aliphatic heterocycles. The molecule has 1 N–H and O–H groups in total. The second-order valence-corrected chi connectivity index (χ2v) is 5.44. The van der Waals surface area contributed by atoms with Gasteiger partial charge in [-0.05, 0) is 31.2 Å². The summed E-state index contributed by atoms with van der Waals surface area (Å²) in [6.07, 6.45) is 1.60. The summed E-state index contributed by atoms with van der Waals surface area (Å²) in [4.78, 5) is 16.4. The lowest BCUT2D eigenvalue weighted by molar-refractivity contribution is 0.101. The molecule has 3 rings (SSSR count). The van der Waals surface area contributed by atoms with Gasteiger partial charge in [0.05, 0.1) is 15.2 Å². The van der Waals surface area contributed by atoms with Crippen molar-refractivity contribution in [1.82, 2.24) is 14.8 Å². The number of carbonyl (C=O) groups is 1. The van der Waals surface area contributed by atoms with Crippen LogP contribution in [0.1, 0.15) is 15.5 Å². The van der Waals surface area contributed by atoms with Crippen molar-refractivity contribution in [1.29, 1.82) is 0 Å². The number of amides is 1. The summed E-state index contributed by atoms with van der Waals surface area (Å²) in [5, 5.41) is 7.86. The van der Waals surface area contributed by atoms with Crippen LogP contribution in [0, 0.1) is 6.92 Å². The number of aromatic nitrogens is 3. The molecule has 0 unspecified atom stereocenters. The van der Waals surface area contributed by atoms with Crippen molar-refractivity contribution in [3.05, 3.63) is 41.2 Å². The van der Waals surface area contributed by atoms with Crippen LogP contribution in [0.4, 0.5) is 5.69 Å². The third-order valence-corrected chi connectivity index (χ3v) is 3.74. The number of thiazole rings is 1. The molecule has 3 aromatic rings. The number of nitrogens with zero attached hydrogens (tertiary/aromatic N) is 3. The Kier molecular flexibility index (Phi) is 2.79. The Balaban J connectivity index is 1.89. The molecule has 0 radical (unpaired) electrons. The van der Waals surface area contributed by atoms with Crippen molar-refractivity contribution in [2.24, 2.45) is 7.05 Å². The Bertz CT molecular complexity index is 759. The second-order valence-electron chi connectivity index (χ2n) is 4.21.